The highest BCUT2D eigenvalue weighted by Crippen LogP contribution is 2.40. The molecule has 0 fully saturated rings. The van der Waals surface area contributed by atoms with Crippen molar-refractivity contribution in [2.75, 3.05) is 26.6 Å². The van der Waals surface area contributed by atoms with Gasteiger partial charge in [0, 0.05) is 10.9 Å². The van der Waals surface area contributed by atoms with Gasteiger partial charge in [0.25, 0.3) is 5.91 Å². The number of nitrogens with zero attached hydrogens (tertiary/aromatic N) is 1. The third-order valence-corrected chi connectivity index (χ3v) is 5.36. The molecule has 3 aromatic rings. The molecular weight excluding hydrogens is 388 g/mol. The molecule has 1 amide bonds. The molecule has 1 aromatic heterocycles. The van der Waals surface area contributed by atoms with E-state index in [1.165, 1.54) is 38.2 Å². The molecule has 0 spiro atoms. The van der Waals surface area contributed by atoms with Crippen molar-refractivity contribution in [3.63, 3.8) is 0 Å². The molecule has 0 aliphatic rings. The number of methoxy groups -OCH3 is 3. The Kier molecular flexibility index (Phi) is 6.08. The number of nitrogens with one attached hydrogen (secondary N) is 1. The lowest BCUT2D eigenvalue weighted by Gasteiger charge is -2.15. The first kappa shape index (κ1) is 20.7. The second-order valence-corrected chi connectivity index (χ2v) is 7.51. The fourth-order valence-electron chi connectivity index (χ4n) is 3.47. The Morgan fingerprint density at radius 2 is 1.62 bits per heavy atom. The molecule has 152 valence electrons. The lowest BCUT2D eigenvalue weighted by molar-refractivity contribution is 0.102. The molecule has 0 atom stereocenters. The molecule has 0 saturated carbocycles. The largest absolute Gasteiger partial charge is 0.493 e. The van der Waals surface area contributed by atoms with Gasteiger partial charge in [-0.1, -0.05) is 17.7 Å². The minimum absolute atomic E-state index is 0.311. The molecule has 3 rings (SSSR count). The Morgan fingerprint density at radius 1 is 0.966 bits per heavy atom. The topological polar surface area (TPSA) is 69.7 Å². The molecule has 0 unspecified atom stereocenters. The summed E-state index contributed by atoms with van der Waals surface area (Å²) < 4.78 is 16.0. The van der Waals surface area contributed by atoms with E-state index in [0.29, 0.717) is 27.9 Å². The van der Waals surface area contributed by atoms with E-state index in [2.05, 4.69) is 43.2 Å². The lowest BCUT2D eigenvalue weighted by Crippen LogP contribution is -2.13. The van der Waals surface area contributed by atoms with E-state index >= 15 is 0 Å². The van der Waals surface area contributed by atoms with Crippen molar-refractivity contribution in [1.29, 1.82) is 0 Å². The summed E-state index contributed by atoms with van der Waals surface area (Å²) in [6, 6.07) is 7.57. The normalized spacial score (nSPS) is 10.6. The van der Waals surface area contributed by atoms with Crippen LogP contribution < -0.4 is 19.5 Å². The molecule has 6 nitrogen and oxygen atoms in total. The van der Waals surface area contributed by atoms with Gasteiger partial charge in [-0.2, -0.15) is 0 Å². The van der Waals surface area contributed by atoms with Crippen molar-refractivity contribution in [3.05, 3.63) is 51.9 Å². The Labute approximate surface area is 174 Å². The van der Waals surface area contributed by atoms with Crippen molar-refractivity contribution in [1.82, 2.24) is 4.98 Å². The number of thiazole rings is 1. The standard InChI is InChI=1S/C22H24N2O4S/c1-12-9-13(2)18(14(3)10-12)16-11-29-22(23-16)24-21(25)15-7-8-17(26-4)20(28-6)19(15)27-5/h7-11H,1-6H3,(H,23,24,25). The minimum atomic E-state index is -0.332. The number of carbonyl (C=O) groups excluding carboxylic acids is 1. The van der Waals surface area contributed by atoms with E-state index in [-0.39, 0.29) is 5.91 Å². The van der Waals surface area contributed by atoms with Crippen molar-refractivity contribution in [2.24, 2.45) is 0 Å². The summed E-state index contributed by atoms with van der Waals surface area (Å²) in [6.07, 6.45) is 0. The van der Waals surface area contributed by atoms with Crippen LogP contribution in [0.1, 0.15) is 27.0 Å². The minimum Gasteiger partial charge on any atom is -0.493 e. The number of carbonyl (C=O) groups is 1. The van der Waals surface area contributed by atoms with Crippen molar-refractivity contribution >= 4 is 22.4 Å². The molecule has 0 radical (unpaired) electrons. The highest BCUT2D eigenvalue weighted by molar-refractivity contribution is 7.14. The summed E-state index contributed by atoms with van der Waals surface area (Å²) in [5.41, 5.74) is 5.81. The highest BCUT2D eigenvalue weighted by Gasteiger charge is 2.21. The second-order valence-electron chi connectivity index (χ2n) is 6.65. The third kappa shape index (κ3) is 4.05. The van der Waals surface area contributed by atoms with Crippen LogP contribution in [-0.2, 0) is 0 Å². The van der Waals surface area contributed by atoms with Crippen LogP contribution in [-0.4, -0.2) is 32.2 Å². The van der Waals surface area contributed by atoms with E-state index in [9.17, 15) is 4.79 Å². The van der Waals surface area contributed by atoms with Crippen LogP contribution >= 0.6 is 11.3 Å². The first-order valence-corrected chi connectivity index (χ1v) is 9.91. The number of hydrogen-bond acceptors (Lipinski definition) is 6. The molecule has 0 aliphatic heterocycles. The smallest absolute Gasteiger partial charge is 0.261 e. The molecule has 1 heterocycles. The van der Waals surface area contributed by atoms with Gasteiger partial charge in [0.05, 0.1) is 32.6 Å². The highest BCUT2D eigenvalue weighted by atomic mass is 32.1. The van der Waals surface area contributed by atoms with Crippen molar-refractivity contribution in [2.45, 2.75) is 20.8 Å². The number of aromatic nitrogens is 1. The zero-order valence-corrected chi connectivity index (χ0v) is 18.2. The van der Waals surface area contributed by atoms with Gasteiger partial charge in [0.15, 0.2) is 16.6 Å². The quantitative estimate of drug-likeness (QED) is 0.616. The van der Waals surface area contributed by atoms with E-state index < -0.39 is 0 Å². The summed E-state index contributed by atoms with van der Waals surface area (Å²) in [5, 5.41) is 5.32. The molecule has 0 bridgehead atoms. The number of aryl methyl sites for hydroxylation is 3. The second kappa shape index (κ2) is 8.53. The predicted molar refractivity (Wildman–Crippen MR) is 116 cm³/mol. The SMILES string of the molecule is COc1ccc(C(=O)Nc2nc(-c3c(C)cc(C)cc3C)cs2)c(OC)c1OC. The Bertz CT molecular complexity index is 1040. The maximum Gasteiger partial charge on any atom is 0.261 e. The summed E-state index contributed by atoms with van der Waals surface area (Å²) in [5.74, 6) is 0.837. The summed E-state index contributed by atoms with van der Waals surface area (Å²) in [7, 11) is 4.52. The van der Waals surface area contributed by atoms with Gasteiger partial charge in [-0.3, -0.25) is 10.1 Å². The van der Waals surface area contributed by atoms with Crippen molar-refractivity contribution in [3.8, 4) is 28.5 Å². The Balaban J connectivity index is 1.90. The maximum absolute atomic E-state index is 12.9. The van der Waals surface area contributed by atoms with Crippen LogP contribution in [0, 0.1) is 20.8 Å². The predicted octanol–water partition coefficient (Wildman–Crippen LogP) is 5.01. The zero-order valence-electron chi connectivity index (χ0n) is 17.4. The first-order chi connectivity index (χ1) is 13.9. The monoisotopic (exact) mass is 412 g/mol. The Hall–Kier alpha value is -3.06. The van der Waals surface area contributed by atoms with Gasteiger partial charge in [-0.25, -0.2) is 4.98 Å². The summed E-state index contributed by atoms with van der Waals surface area (Å²) in [4.78, 5) is 17.5. The van der Waals surface area contributed by atoms with E-state index in [1.807, 2.05) is 5.38 Å². The van der Waals surface area contributed by atoms with E-state index in [4.69, 9.17) is 14.2 Å². The van der Waals surface area contributed by atoms with Gasteiger partial charge in [0.2, 0.25) is 5.75 Å². The number of hydrogen-bond donors (Lipinski definition) is 1. The number of amides is 1. The molecule has 0 aliphatic carbocycles. The first-order valence-electron chi connectivity index (χ1n) is 9.03. The Morgan fingerprint density at radius 3 is 2.21 bits per heavy atom. The molecule has 0 saturated heterocycles. The van der Waals surface area contributed by atoms with Gasteiger partial charge in [0.1, 0.15) is 0 Å². The van der Waals surface area contributed by atoms with Gasteiger partial charge < -0.3 is 14.2 Å². The average Bonchev–Trinajstić information content (AvgIpc) is 3.13. The number of rotatable bonds is 6. The van der Waals surface area contributed by atoms with Crippen molar-refractivity contribution < 1.29 is 19.0 Å². The molecule has 29 heavy (non-hydrogen) atoms. The summed E-state index contributed by atoms with van der Waals surface area (Å²) in [6.45, 7) is 6.22. The van der Waals surface area contributed by atoms with E-state index in [1.54, 1.807) is 12.1 Å². The van der Waals surface area contributed by atoms with Crippen LogP contribution in [0.25, 0.3) is 11.3 Å². The van der Waals surface area contributed by atoms with Crippen LogP contribution in [0.5, 0.6) is 17.2 Å². The van der Waals surface area contributed by atoms with Crippen LogP contribution in [0.3, 0.4) is 0 Å². The number of anilines is 1. The van der Waals surface area contributed by atoms with E-state index in [0.717, 1.165) is 22.4 Å². The zero-order chi connectivity index (χ0) is 21.1. The maximum atomic E-state index is 12.9. The van der Waals surface area contributed by atoms with Crippen LogP contribution in [0.2, 0.25) is 0 Å². The number of ether oxygens (including phenoxy) is 3. The summed E-state index contributed by atoms with van der Waals surface area (Å²) >= 11 is 1.38. The lowest BCUT2D eigenvalue weighted by atomic mass is 9.98. The number of benzene rings is 2. The third-order valence-electron chi connectivity index (χ3n) is 4.61. The van der Waals surface area contributed by atoms with Crippen LogP contribution in [0.4, 0.5) is 5.13 Å². The fourth-order valence-corrected chi connectivity index (χ4v) is 4.17. The average molecular weight is 413 g/mol. The molecular formula is C22H24N2O4S. The molecule has 1 N–H and O–H groups in total. The fraction of sp³-hybridized carbons (Fsp3) is 0.273. The van der Waals surface area contributed by atoms with Gasteiger partial charge in [-0.15, -0.1) is 11.3 Å². The molecule has 2 aromatic carbocycles. The molecule has 7 heteroatoms. The van der Waals surface area contributed by atoms with Crippen LogP contribution in [0.15, 0.2) is 29.6 Å². The van der Waals surface area contributed by atoms with Gasteiger partial charge in [-0.05, 0) is 44.0 Å². The van der Waals surface area contributed by atoms with Gasteiger partial charge >= 0.3 is 0 Å².